The van der Waals surface area contributed by atoms with Crippen LogP contribution in [0.25, 0.3) is 0 Å². The van der Waals surface area contributed by atoms with Crippen LogP contribution in [0.3, 0.4) is 0 Å². The van der Waals surface area contributed by atoms with Gasteiger partial charge in [0.15, 0.2) is 0 Å². The van der Waals surface area contributed by atoms with Gasteiger partial charge in [0.25, 0.3) is 0 Å². The van der Waals surface area contributed by atoms with Crippen molar-refractivity contribution in [2.45, 2.75) is 38.8 Å². The third kappa shape index (κ3) is 5.26. The van der Waals surface area contributed by atoms with Crippen LogP contribution < -0.4 is 5.32 Å². The molecule has 96 valence electrons. The fourth-order valence-electron chi connectivity index (χ4n) is 1.46. The highest BCUT2D eigenvalue weighted by Gasteiger charge is 2.15. The Morgan fingerprint density at radius 1 is 1.24 bits per heavy atom. The Hall–Kier alpha value is -0.280. The molecule has 0 spiro atoms. The second-order valence-electron chi connectivity index (χ2n) is 5.19. The zero-order valence-corrected chi connectivity index (χ0v) is 11.9. The van der Waals surface area contributed by atoms with Crippen molar-refractivity contribution in [3.63, 3.8) is 0 Å². The Morgan fingerprint density at radius 3 is 2.24 bits per heavy atom. The number of halogens is 2. The summed E-state index contributed by atoms with van der Waals surface area (Å²) in [5, 5.41) is 14.4. The summed E-state index contributed by atoms with van der Waals surface area (Å²) >= 11 is 12.1. The van der Waals surface area contributed by atoms with Crippen molar-refractivity contribution in [2.24, 2.45) is 0 Å². The normalized spacial score (nSPS) is 13.8. The van der Waals surface area contributed by atoms with Gasteiger partial charge in [0.1, 0.15) is 0 Å². The van der Waals surface area contributed by atoms with E-state index in [0.29, 0.717) is 23.0 Å². The Labute approximate surface area is 113 Å². The number of hydrogen-bond donors (Lipinski definition) is 2. The van der Waals surface area contributed by atoms with E-state index in [2.05, 4.69) is 26.1 Å². The molecule has 0 radical (unpaired) electrons. The first kappa shape index (κ1) is 14.8. The van der Waals surface area contributed by atoms with E-state index in [9.17, 15) is 5.11 Å². The molecule has 0 aromatic heterocycles. The number of benzene rings is 1. The molecular weight excluding hydrogens is 257 g/mol. The molecule has 17 heavy (non-hydrogen) atoms. The van der Waals surface area contributed by atoms with Crippen LogP contribution in [0.5, 0.6) is 0 Å². The summed E-state index contributed by atoms with van der Waals surface area (Å²) < 4.78 is 0. The lowest BCUT2D eigenvalue weighted by molar-refractivity contribution is 0.161. The van der Waals surface area contributed by atoms with Crippen molar-refractivity contribution < 1.29 is 5.11 Å². The topological polar surface area (TPSA) is 32.3 Å². The fourth-order valence-corrected chi connectivity index (χ4v) is 2.01. The molecule has 1 atom stereocenters. The summed E-state index contributed by atoms with van der Waals surface area (Å²) in [6.45, 7) is 6.69. The highest BCUT2D eigenvalue weighted by atomic mass is 35.5. The Bertz CT molecular complexity index is 354. The van der Waals surface area contributed by atoms with Crippen molar-refractivity contribution in [3.8, 4) is 0 Å². The van der Waals surface area contributed by atoms with Gasteiger partial charge in [-0.05, 0) is 38.5 Å². The zero-order chi connectivity index (χ0) is 13.1. The lowest BCUT2D eigenvalue weighted by Crippen LogP contribution is -2.41. The maximum Gasteiger partial charge on any atom is 0.0706 e. The van der Waals surface area contributed by atoms with Gasteiger partial charge in [-0.25, -0.2) is 0 Å². The molecule has 0 fully saturated rings. The van der Waals surface area contributed by atoms with E-state index in [0.717, 1.165) is 5.56 Å². The molecule has 0 aliphatic heterocycles. The van der Waals surface area contributed by atoms with E-state index < -0.39 is 6.10 Å². The summed E-state index contributed by atoms with van der Waals surface area (Å²) in [5.41, 5.74) is 0.796. The Morgan fingerprint density at radius 2 is 1.76 bits per heavy atom. The van der Waals surface area contributed by atoms with Gasteiger partial charge in [0, 0.05) is 28.5 Å². The van der Waals surface area contributed by atoms with E-state index in [-0.39, 0.29) is 5.54 Å². The highest BCUT2D eigenvalue weighted by molar-refractivity contribution is 6.35. The molecule has 0 aliphatic carbocycles. The van der Waals surface area contributed by atoms with Crippen molar-refractivity contribution in [2.75, 3.05) is 6.54 Å². The lowest BCUT2D eigenvalue weighted by Gasteiger charge is -2.23. The van der Waals surface area contributed by atoms with Crippen LogP contribution in [0, 0.1) is 0 Å². The van der Waals surface area contributed by atoms with Crippen molar-refractivity contribution in [1.82, 2.24) is 5.32 Å². The standard InChI is InChI=1S/C13H19Cl2NO/c1-13(2,3)16-8-9(17)7-10-11(14)5-4-6-12(10)15/h4-6,9,16-17H,7-8H2,1-3H3. The minimum Gasteiger partial charge on any atom is -0.391 e. The van der Waals surface area contributed by atoms with E-state index in [1.54, 1.807) is 18.2 Å². The number of β-amino-alcohol motifs (C(OH)–C–C–N with tert-alkyl or cyclic N) is 1. The van der Waals surface area contributed by atoms with Crippen LogP contribution in [-0.2, 0) is 6.42 Å². The van der Waals surface area contributed by atoms with Gasteiger partial charge in [-0.2, -0.15) is 0 Å². The minimum absolute atomic E-state index is 0.00867. The number of nitrogens with one attached hydrogen (secondary N) is 1. The third-order valence-electron chi connectivity index (χ3n) is 2.37. The smallest absolute Gasteiger partial charge is 0.0706 e. The molecule has 0 amide bonds. The molecule has 0 saturated carbocycles. The van der Waals surface area contributed by atoms with Gasteiger partial charge in [-0.1, -0.05) is 29.3 Å². The summed E-state index contributed by atoms with van der Waals surface area (Å²) in [7, 11) is 0. The molecular formula is C13H19Cl2NO. The maximum absolute atomic E-state index is 9.94. The lowest BCUT2D eigenvalue weighted by atomic mass is 10.1. The summed E-state index contributed by atoms with van der Waals surface area (Å²) in [4.78, 5) is 0. The van der Waals surface area contributed by atoms with Crippen molar-refractivity contribution in [3.05, 3.63) is 33.8 Å². The predicted octanol–water partition coefficient (Wildman–Crippen LogP) is 3.28. The molecule has 1 aromatic rings. The minimum atomic E-state index is -0.494. The average Bonchev–Trinajstić information content (AvgIpc) is 2.20. The second-order valence-corrected chi connectivity index (χ2v) is 6.00. The summed E-state index contributed by atoms with van der Waals surface area (Å²) in [5.74, 6) is 0. The van der Waals surface area contributed by atoms with Gasteiger partial charge >= 0.3 is 0 Å². The zero-order valence-electron chi connectivity index (χ0n) is 10.4. The first-order valence-electron chi connectivity index (χ1n) is 5.65. The Kier molecular flexibility index (Phi) is 5.26. The molecule has 2 N–H and O–H groups in total. The summed E-state index contributed by atoms with van der Waals surface area (Å²) in [6, 6.07) is 5.37. The molecule has 1 aromatic carbocycles. The van der Waals surface area contributed by atoms with Crippen LogP contribution >= 0.6 is 23.2 Å². The number of aliphatic hydroxyl groups is 1. The summed E-state index contributed by atoms with van der Waals surface area (Å²) in [6.07, 6.45) is -0.0340. The highest BCUT2D eigenvalue weighted by Crippen LogP contribution is 2.25. The number of rotatable bonds is 4. The van der Waals surface area contributed by atoms with Crippen LogP contribution in [0.4, 0.5) is 0 Å². The fraction of sp³-hybridized carbons (Fsp3) is 0.538. The molecule has 0 aliphatic rings. The van der Waals surface area contributed by atoms with Crippen LogP contribution in [-0.4, -0.2) is 23.3 Å². The van der Waals surface area contributed by atoms with Gasteiger partial charge in [-0.3, -0.25) is 0 Å². The molecule has 0 heterocycles. The number of aliphatic hydroxyl groups excluding tert-OH is 1. The first-order chi connectivity index (χ1) is 7.79. The van der Waals surface area contributed by atoms with Gasteiger partial charge in [0.05, 0.1) is 6.10 Å². The first-order valence-corrected chi connectivity index (χ1v) is 6.41. The van der Waals surface area contributed by atoms with E-state index in [1.807, 2.05) is 0 Å². The van der Waals surface area contributed by atoms with Crippen molar-refractivity contribution in [1.29, 1.82) is 0 Å². The molecule has 2 nitrogen and oxygen atoms in total. The maximum atomic E-state index is 9.94. The molecule has 0 saturated heterocycles. The van der Waals surface area contributed by atoms with Gasteiger partial charge in [-0.15, -0.1) is 0 Å². The van der Waals surface area contributed by atoms with Crippen LogP contribution in [0.1, 0.15) is 26.3 Å². The van der Waals surface area contributed by atoms with Gasteiger partial charge in [0.2, 0.25) is 0 Å². The van der Waals surface area contributed by atoms with Crippen molar-refractivity contribution >= 4 is 23.2 Å². The Balaban J connectivity index is 2.59. The van der Waals surface area contributed by atoms with E-state index in [4.69, 9.17) is 23.2 Å². The van der Waals surface area contributed by atoms with Crippen LogP contribution in [0.15, 0.2) is 18.2 Å². The molecule has 0 bridgehead atoms. The van der Waals surface area contributed by atoms with E-state index in [1.165, 1.54) is 0 Å². The number of hydrogen-bond acceptors (Lipinski definition) is 2. The largest absolute Gasteiger partial charge is 0.391 e. The molecule has 4 heteroatoms. The van der Waals surface area contributed by atoms with Gasteiger partial charge < -0.3 is 10.4 Å². The average molecular weight is 276 g/mol. The SMILES string of the molecule is CC(C)(C)NCC(O)Cc1c(Cl)cccc1Cl. The second kappa shape index (κ2) is 6.05. The third-order valence-corrected chi connectivity index (χ3v) is 3.08. The predicted molar refractivity (Wildman–Crippen MR) is 73.9 cm³/mol. The molecule has 1 unspecified atom stereocenters. The van der Waals surface area contributed by atoms with E-state index >= 15 is 0 Å². The monoisotopic (exact) mass is 275 g/mol. The van der Waals surface area contributed by atoms with Crippen LogP contribution in [0.2, 0.25) is 10.0 Å². The quantitative estimate of drug-likeness (QED) is 0.884. The molecule has 1 rings (SSSR count).